The standard InChI is InChI=1S/C21H13F5N2O4/c22-14-2-1-7-27-19(14)13(9-17(29)16-5-3-12(10-28-16)20(30)31)11-4-6-18(15(23)8-11)32-21(24,25)26/h1-8,10,13H,9H2,(H,30,31)/t13-/m1/s1. The van der Waals surface area contributed by atoms with Crippen molar-refractivity contribution in [2.45, 2.75) is 18.7 Å². The van der Waals surface area contributed by atoms with E-state index < -0.39 is 47.8 Å². The molecule has 1 N–H and O–H groups in total. The van der Waals surface area contributed by atoms with Crippen LogP contribution in [0.3, 0.4) is 0 Å². The Hall–Kier alpha value is -3.89. The molecule has 0 aliphatic heterocycles. The van der Waals surface area contributed by atoms with E-state index in [9.17, 15) is 31.5 Å². The summed E-state index contributed by atoms with van der Waals surface area (Å²) in [5, 5.41) is 8.92. The van der Waals surface area contributed by atoms with Crippen molar-refractivity contribution in [2.24, 2.45) is 0 Å². The first-order valence-corrected chi connectivity index (χ1v) is 8.93. The van der Waals surface area contributed by atoms with Crippen LogP contribution in [0.4, 0.5) is 22.0 Å². The van der Waals surface area contributed by atoms with Crippen LogP contribution in [-0.2, 0) is 0 Å². The fourth-order valence-electron chi connectivity index (χ4n) is 2.94. The largest absolute Gasteiger partial charge is 0.573 e. The zero-order valence-electron chi connectivity index (χ0n) is 15.9. The van der Waals surface area contributed by atoms with Gasteiger partial charge in [0, 0.05) is 24.7 Å². The summed E-state index contributed by atoms with van der Waals surface area (Å²) in [6, 6.07) is 7.17. The number of ketones is 1. The highest BCUT2D eigenvalue weighted by atomic mass is 19.4. The monoisotopic (exact) mass is 452 g/mol. The Balaban J connectivity index is 1.96. The molecular formula is C21H13F5N2O4. The maximum absolute atomic E-state index is 14.4. The molecule has 0 saturated carbocycles. The zero-order valence-corrected chi connectivity index (χ0v) is 15.9. The molecule has 0 fully saturated rings. The van der Waals surface area contributed by atoms with Crippen molar-refractivity contribution >= 4 is 11.8 Å². The molecule has 0 unspecified atom stereocenters. The van der Waals surface area contributed by atoms with Crippen LogP contribution in [0.2, 0.25) is 0 Å². The number of benzene rings is 1. The molecule has 6 nitrogen and oxygen atoms in total. The minimum atomic E-state index is -5.11. The van der Waals surface area contributed by atoms with E-state index in [1.54, 1.807) is 0 Å². The normalized spacial score (nSPS) is 12.3. The van der Waals surface area contributed by atoms with Gasteiger partial charge in [-0.2, -0.15) is 0 Å². The van der Waals surface area contributed by atoms with Gasteiger partial charge in [0.1, 0.15) is 11.5 Å². The highest BCUT2D eigenvalue weighted by Gasteiger charge is 2.33. The lowest BCUT2D eigenvalue weighted by atomic mass is 9.89. The number of hydrogen-bond acceptors (Lipinski definition) is 5. The number of Topliss-reactive ketones (excluding diaryl/α,β-unsaturated/α-hetero) is 1. The predicted octanol–water partition coefficient (Wildman–Crippen LogP) is 4.76. The summed E-state index contributed by atoms with van der Waals surface area (Å²) in [5.74, 6) is -6.32. The Bertz CT molecular complexity index is 1150. The Morgan fingerprint density at radius 3 is 2.34 bits per heavy atom. The van der Waals surface area contributed by atoms with Crippen LogP contribution < -0.4 is 4.74 Å². The zero-order chi connectivity index (χ0) is 23.5. The van der Waals surface area contributed by atoms with E-state index >= 15 is 0 Å². The summed E-state index contributed by atoms with van der Waals surface area (Å²) in [5.41, 5.74) is -0.540. The second-order valence-corrected chi connectivity index (χ2v) is 6.53. The number of halogens is 5. The van der Waals surface area contributed by atoms with Gasteiger partial charge in [-0.25, -0.2) is 13.6 Å². The first kappa shape index (κ1) is 22.8. The van der Waals surface area contributed by atoms with Gasteiger partial charge < -0.3 is 9.84 Å². The number of ether oxygens (including phenoxy) is 1. The Morgan fingerprint density at radius 1 is 1.03 bits per heavy atom. The van der Waals surface area contributed by atoms with Gasteiger partial charge in [0.05, 0.1) is 11.3 Å². The molecule has 0 bridgehead atoms. The number of carbonyl (C=O) groups excluding carboxylic acids is 1. The van der Waals surface area contributed by atoms with Crippen LogP contribution in [0.25, 0.3) is 0 Å². The Morgan fingerprint density at radius 2 is 1.78 bits per heavy atom. The highest BCUT2D eigenvalue weighted by molar-refractivity contribution is 5.96. The predicted molar refractivity (Wildman–Crippen MR) is 99.3 cm³/mol. The number of nitrogens with zero attached hydrogens (tertiary/aromatic N) is 2. The molecule has 0 aliphatic carbocycles. The number of aromatic carboxylic acids is 1. The van der Waals surface area contributed by atoms with Crippen molar-refractivity contribution < 1.29 is 41.4 Å². The first-order chi connectivity index (χ1) is 15.0. The summed E-state index contributed by atoms with van der Waals surface area (Å²) < 4.78 is 69.4. The third kappa shape index (κ3) is 5.42. The van der Waals surface area contributed by atoms with Gasteiger partial charge in [0.2, 0.25) is 0 Å². The second-order valence-electron chi connectivity index (χ2n) is 6.53. The van der Waals surface area contributed by atoms with Crippen LogP contribution in [0, 0.1) is 11.6 Å². The molecule has 2 heterocycles. The summed E-state index contributed by atoms with van der Waals surface area (Å²) in [6.07, 6.45) is -3.37. The van der Waals surface area contributed by atoms with Crippen LogP contribution in [-0.4, -0.2) is 33.2 Å². The lowest BCUT2D eigenvalue weighted by molar-refractivity contribution is -0.275. The Kier molecular flexibility index (Phi) is 6.47. The van der Waals surface area contributed by atoms with Gasteiger partial charge >= 0.3 is 12.3 Å². The van der Waals surface area contributed by atoms with Gasteiger partial charge in [-0.15, -0.1) is 13.2 Å². The van der Waals surface area contributed by atoms with Crippen LogP contribution >= 0.6 is 0 Å². The van der Waals surface area contributed by atoms with Gasteiger partial charge in [0.15, 0.2) is 17.3 Å². The minimum absolute atomic E-state index is 0.0230. The number of carboxylic acid groups (broad SMARTS) is 1. The summed E-state index contributed by atoms with van der Waals surface area (Å²) >= 11 is 0. The van der Waals surface area contributed by atoms with Gasteiger partial charge in [0.25, 0.3) is 0 Å². The average molecular weight is 452 g/mol. The number of hydrogen-bond donors (Lipinski definition) is 1. The SMILES string of the molecule is O=C(O)c1ccc(C(=O)C[C@H](c2ccc(OC(F)(F)F)c(F)c2)c2ncccc2F)nc1. The van der Waals surface area contributed by atoms with Crippen molar-refractivity contribution in [3.63, 3.8) is 0 Å². The molecule has 0 aliphatic rings. The molecule has 0 spiro atoms. The molecule has 32 heavy (non-hydrogen) atoms. The fraction of sp³-hybridized carbons (Fsp3) is 0.143. The number of aromatic nitrogens is 2. The van der Waals surface area contributed by atoms with E-state index in [1.165, 1.54) is 18.3 Å². The maximum Gasteiger partial charge on any atom is 0.573 e. The number of pyridine rings is 2. The first-order valence-electron chi connectivity index (χ1n) is 8.93. The number of carbonyl (C=O) groups is 2. The van der Waals surface area contributed by atoms with E-state index in [0.717, 1.165) is 30.5 Å². The van der Waals surface area contributed by atoms with Gasteiger partial charge in [-0.1, -0.05) is 6.07 Å². The molecule has 3 aromatic rings. The van der Waals surface area contributed by atoms with Crippen molar-refractivity contribution in [3.05, 3.63) is 89.0 Å². The summed E-state index contributed by atoms with van der Waals surface area (Å²) in [6.45, 7) is 0. The third-order valence-corrected chi connectivity index (χ3v) is 4.39. The van der Waals surface area contributed by atoms with E-state index in [0.29, 0.717) is 6.07 Å². The quantitative estimate of drug-likeness (QED) is 0.411. The lowest BCUT2D eigenvalue weighted by Crippen LogP contribution is -2.18. The summed E-state index contributed by atoms with van der Waals surface area (Å²) in [7, 11) is 0. The number of carboxylic acids is 1. The molecule has 0 amide bonds. The van der Waals surface area contributed by atoms with Gasteiger partial charge in [-0.3, -0.25) is 14.8 Å². The van der Waals surface area contributed by atoms with E-state index in [2.05, 4.69) is 14.7 Å². The van der Waals surface area contributed by atoms with Crippen molar-refractivity contribution in [2.75, 3.05) is 0 Å². The fourth-order valence-corrected chi connectivity index (χ4v) is 2.94. The average Bonchev–Trinajstić information content (AvgIpc) is 2.73. The number of rotatable bonds is 7. The van der Waals surface area contributed by atoms with E-state index in [4.69, 9.17) is 5.11 Å². The van der Waals surface area contributed by atoms with E-state index in [-0.39, 0.29) is 22.5 Å². The van der Waals surface area contributed by atoms with Crippen LogP contribution in [0.5, 0.6) is 5.75 Å². The van der Waals surface area contributed by atoms with Crippen LogP contribution in [0.1, 0.15) is 44.4 Å². The molecule has 0 saturated heterocycles. The smallest absolute Gasteiger partial charge is 0.478 e. The highest BCUT2D eigenvalue weighted by Crippen LogP contribution is 2.33. The number of alkyl halides is 3. The maximum atomic E-state index is 14.4. The molecule has 2 aromatic heterocycles. The van der Waals surface area contributed by atoms with Crippen molar-refractivity contribution in [3.8, 4) is 5.75 Å². The van der Waals surface area contributed by atoms with Crippen molar-refractivity contribution in [1.29, 1.82) is 0 Å². The molecular weight excluding hydrogens is 439 g/mol. The van der Waals surface area contributed by atoms with E-state index in [1.807, 2.05) is 0 Å². The summed E-state index contributed by atoms with van der Waals surface area (Å²) in [4.78, 5) is 31.3. The molecule has 0 radical (unpaired) electrons. The minimum Gasteiger partial charge on any atom is -0.478 e. The van der Waals surface area contributed by atoms with Crippen molar-refractivity contribution in [1.82, 2.24) is 9.97 Å². The molecule has 11 heteroatoms. The second kappa shape index (κ2) is 9.08. The Labute approximate surface area is 177 Å². The third-order valence-electron chi connectivity index (χ3n) is 4.39. The molecule has 3 rings (SSSR count). The van der Waals surface area contributed by atoms with Gasteiger partial charge in [-0.05, 0) is 42.0 Å². The van der Waals surface area contributed by atoms with Crippen LogP contribution in [0.15, 0.2) is 54.9 Å². The molecule has 1 atom stereocenters. The molecule has 166 valence electrons. The molecule has 1 aromatic carbocycles. The topological polar surface area (TPSA) is 89.4 Å². The lowest BCUT2D eigenvalue weighted by Gasteiger charge is -2.18.